The van der Waals surface area contributed by atoms with Gasteiger partial charge in [0.25, 0.3) is 0 Å². The zero-order valence-corrected chi connectivity index (χ0v) is 14.7. The molecular formula is C18H19ClN4O2. The number of aromatic nitrogens is 2. The average molecular weight is 359 g/mol. The second-order valence-electron chi connectivity index (χ2n) is 4.95. The van der Waals surface area contributed by atoms with Crippen molar-refractivity contribution in [3.05, 3.63) is 60.0 Å². The maximum Gasteiger partial charge on any atom is 0.131 e. The lowest BCUT2D eigenvalue weighted by molar-refractivity contribution is 0.395. The van der Waals surface area contributed by atoms with Crippen molar-refractivity contribution in [2.75, 3.05) is 25.7 Å². The van der Waals surface area contributed by atoms with Gasteiger partial charge in [-0.15, -0.1) is 0 Å². The summed E-state index contributed by atoms with van der Waals surface area (Å²) in [6, 6.07) is 12.4. The number of halogens is 1. The SMILES string of the molecule is COc1ccc(-c2cc(N)ccn2)c(OC)c1.Nc1ccnc(Cl)c1. The number of nitrogen functional groups attached to an aromatic ring is 2. The van der Waals surface area contributed by atoms with Gasteiger partial charge in [-0.1, -0.05) is 11.6 Å². The first-order valence-electron chi connectivity index (χ1n) is 7.34. The zero-order chi connectivity index (χ0) is 18.2. The van der Waals surface area contributed by atoms with Crippen LogP contribution in [0.2, 0.25) is 5.15 Å². The van der Waals surface area contributed by atoms with Crippen molar-refractivity contribution in [2.45, 2.75) is 0 Å². The van der Waals surface area contributed by atoms with Crippen LogP contribution in [-0.2, 0) is 0 Å². The first-order chi connectivity index (χ1) is 12.0. The van der Waals surface area contributed by atoms with Crippen LogP contribution < -0.4 is 20.9 Å². The number of rotatable bonds is 3. The standard InChI is InChI=1S/C13H14N2O2.C5H5ClN2/c1-16-10-3-4-11(13(8-10)17-2)12-7-9(14)5-6-15-12;6-5-3-4(7)1-2-8-5/h3-8H,1-2H3,(H2,14,15);1-3H,(H2,7,8). The topological polar surface area (TPSA) is 96.3 Å². The fourth-order valence-electron chi connectivity index (χ4n) is 2.02. The summed E-state index contributed by atoms with van der Waals surface area (Å²) in [5.74, 6) is 1.46. The molecule has 0 aliphatic carbocycles. The molecule has 6 nitrogen and oxygen atoms in total. The normalized spacial score (nSPS) is 9.72. The molecule has 2 aromatic heterocycles. The predicted molar refractivity (Wildman–Crippen MR) is 101 cm³/mol. The molecule has 1 aromatic carbocycles. The molecule has 4 N–H and O–H groups in total. The maximum atomic E-state index is 5.74. The van der Waals surface area contributed by atoms with Crippen molar-refractivity contribution in [3.63, 3.8) is 0 Å². The number of methoxy groups -OCH3 is 2. The molecule has 3 rings (SSSR count). The molecule has 0 atom stereocenters. The molecule has 0 amide bonds. The fourth-order valence-corrected chi connectivity index (χ4v) is 2.20. The third-order valence-electron chi connectivity index (χ3n) is 3.22. The van der Waals surface area contributed by atoms with Crippen LogP contribution in [0, 0.1) is 0 Å². The van der Waals surface area contributed by atoms with E-state index >= 15 is 0 Å². The summed E-state index contributed by atoms with van der Waals surface area (Å²) in [5.41, 5.74) is 14.1. The van der Waals surface area contributed by atoms with Gasteiger partial charge in [-0.25, -0.2) is 4.98 Å². The lowest BCUT2D eigenvalue weighted by Gasteiger charge is -2.10. The quantitative estimate of drug-likeness (QED) is 0.693. The number of ether oxygens (including phenoxy) is 2. The van der Waals surface area contributed by atoms with Crippen LogP contribution >= 0.6 is 11.6 Å². The van der Waals surface area contributed by atoms with E-state index in [1.54, 1.807) is 44.8 Å². The smallest absolute Gasteiger partial charge is 0.131 e. The summed E-state index contributed by atoms with van der Waals surface area (Å²) in [6.45, 7) is 0. The highest BCUT2D eigenvalue weighted by atomic mass is 35.5. The van der Waals surface area contributed by atoms with Gasteiger partial charge in [-0.3, -0.25) is 4.98 Å². The van der Waals surface area contributed by atoms with E-state index in [4.69, 9.17) is 32.5 Å². The van der Waals surface area contributed by atoms with Crippen LogP contribution in [0.15, 0.2) is 54.9 Å². The number of hydrogen-bond acceptors (Lipinski definition) is 6. The molecule has 0 aliphatic rings. The van der Waals surface area contributed by atoms with Gasteiger partial charge in [0.15, 0.2) is 0 Å². The minimum Gasteiger partial charge on any atom is -0.497 e. The molecule has 0 aliphatic heterocycles. The summed E-state index contributed by atoms with van der Waals surface area (Å²) in [4.78, 5) is 8.00. The Hall–Kier alpha value is -2.99. The molecule has 130 valence electrons. The third kappa shape index (κ3) is 5.26. The second kappa shape index (κ2) is 8.75. The van der Waals surface area contributed by atoms with Crippen LogP contribution in [-0.4, -0.2) is 24.2 Å². The summed E-state index contributed by atoms with van der Waals surface area (Å²) < 4.78 is 10.5. The number of nitrogens with zero attached hydrogens (tertiary/aromatic N) is 2. The van der Waals surface area contributed by atoms with Crippen molar-refractivity contribution in [3.8, 4) is 22.8 Å². The van der Waals surface area contributed by atoms with Crippen LogP contribution in [0.25, 0.3) is 11.3 Å². The Labute approximate surface area is 151 Å². The van der Waals surface area contributed by atoms with E-state index in [2.05, 4.69) is 9.97 Å². The number of hydrogen-bond donors (Lipinski definition) is 2. The van der Waals surface area contributed by atoms with Gasteiger partial charge in [0.2, 0.25) is 0 Å². The predicted octanol–water partition coefficient (Wildman–Crippen LogP) is 3.67. The molecule has 0 unspecified atom stereocenters. The molecule has 7 heteroatoms. The van der Waals surface area contributed by atoms with Crippen molar-refractivity contribution in [2.24, 2.45) is 0 Å². The Morgan fingerprint density at radius 1 is 0.840 bits per heavy atom. The number of pyridine rings is 2. The van der Waals surface area contributed by atoms with Gasteiger partial charge in [0.05, 0.1) is 19.9 Å². The van der Waals surface area contributed by atoms with Crippen LogP contribution in [0.4, 0.5) is 11.4 Å². The monoisotopic (exact) mass is 358 g/mol. The zero-order valence-electron chi connectivity index (χ0n) is 13.9. The van der Waals surface area contributed by atoms with Gasteiger partial charge in [0.1, 0.15) is 16.7 Å². The Balaban J connectivity index is 0.000000236. The van der Waals surface area contributed by atoms with Gasteiger partial charge >= 0.3 is 0 Å². The molecule has 0 radical (unpaired) electrons. The van der Waals surface area contributed by atoms with E-state index in [-0.39, 0.29) is 0 Å². The molecule has 3 aromatic rings. The molecule has 25 heavy (non-hydrogen) atoms. The van der Waals surface area contributed by atoms with Crippen molar-refractivity contribution < 1.29 is 9.47 Å². The van der Waals surface area contributed by atoms with Crippen LogP contribution in [0.1, 0.15) is 0 Å². The molecule has 2 heterocycles. The maximum absolute atomic E-state index is 5.74. The molecule has 0 spiro atoms. The highest BCUT2D eigenvalue weighted by molar-refractivity contribution is 6.29. The Morgan fingerprint density at radius 3 is 2.04 bits per heavy atom. The van der Waals surface area contributed by atoms with E-state index in [9.17, 15) is 0 Å². The summed E-state index contributed by atoms with van der Waals surface area (Å²) in [6.07, 6.45) is 3.24. The van der Waals surface area contributed by atoms with Crippen LogP contribution in [0.5, 0.6) is 11.5 Å². The first kappa shape index (κ1) is 18.4. The highest BCUT2D eigenvalue weighted by Crippen LogP contribution is 2.32. The largest absolute Gasteiger partial charge is 0.497 e. The number of anilines is 2. The number of benzene rings is 1. The van der Waals surface area contributed by atoms with Crippen LogP contribution in [0.3, 0.4) is 0 Å². The third-order valence-corrected chi connectivity index (χ3v) is 3.43. The molecular weight excluding hydrogens is 340 g/mol. The number of nitrogens with two attached hydrogens (primary N) is 2. The average Bonchev–Trinajstić information content (AvgIpc) is 2.61. The minimum atomic E-state index is 0.435. The minimum absolute atomic E-state index is 0.435. The van der Waals surface area contributed by atoms with E-state index in [0.717, 1.165) is 17.0 Å². The van der Waals surface area contributed by atoms with E-state index < -0.39 is 0 Å². The van der Waals surface area contributed by atoms with Gasteiger partial charge in [-0.2, -0.15) is 0 Å². The molecule has 0 saturated heterocycles. The molecule has 0 bridgehead atoms. The van der Waals surface area contributed by atoms with Gasteiger partial charge in [0, 0.05) is 35.4 Å². The van der Waals surface area contributed by atoms with E-state index in [0.29, 0.717) is 22.3 Å². The first-order valence-corrected chi connectivity index (χ1v) is 7.72. The Kier molecular flexibility index (Phi) is 6.42. The molecule has 0 saturated carbocycles. The highest BCUT2D eigenvalue weighted by Gasteiger charge is 2.08. The summed E-state index contributed by atoms with van der Waals surface area (Å²) >= 11 is 5.45. The van der Waals surface area contributed by atoms with Gasteiger partial charge < -0.3 is 20.9 Å². The summed E-state index contributed by atoms with van der Waals surface area (Å²) in [5, 5.41) is 0.435. The van der Waals surface area contributed by atoms with Crippen molar-refractivity contribution >= 4 is 23.0 Å². The van der Waals surface area contributed by atoms with E-state index in [1.165, 1.54) is 0 Å². The Bertz CT molecular complexity index is 826. The Morgan fingerprint density at radius 2 is 1.52 bits per heavy atom. The van der Waals surface area contributed by atoms with Crippen molar-refractivity contribution in [1.29, 1.82) is 0 Å². The van der Waals surface area contributed by atoms with Crippen molar-refractivity contribution in [1.82, 2.24) is 9.97 Å². The molecule has 0 fully saturated rings. The van der Waals surface area contributed by atoms with E-state index in [1.807, 2.05) is 24.3 Å². The lowest BCUT2D eigenvalue weighted by Crippen LogP contribution is -1.93. The lowest BCUT2D eigenvalue weighted by atomic mass is 10.1. The second-order valence-corrected chi connectivity index (χ2v) is 5.34. The summed E-state index contributed by atoms with van der Waals surface area (Å²) in [7, 11) is 3.23. The van der Waals surface area contributed by atoms with Gasteiger partial charge in [-0.05, 0) is 36.4 Å². The fraction of sp³-hybridized carbons (Fsp3) is 0.111.